The second-order valence-electron chi connectivity index (χ2n) is 5.36. The molecule has 0 fully saturated rings. The Morgan fingerprint density at radius 1 is 1.12 bits per heavy atom. The van der Waals surface area contributed by atoms with Crippen molar-refractivity contribution in [2.45, 2.75) is 25.7 Å². The SMILES string of the molecule is CCNS(=O)(=O)c1ccc(C)c(C(=O)Nc2ccccc2OCC)c1. The van der Waals surface area contributed by atoms with Crippen LogP contribution in [0, 0.1) is 6.92 Å². The first-order valence-corrected chi connectivity index (χ1v) is 9.50. The van der Waals surface area contributed by atoms with E-state index in [1.165, 1.54) is 12.1 Å². The molecule has 134 valence electrons. The van der Waals surface area contributed by atoms with Crippen LogP contribution in [0.1, 0.15) is 29.8 Å². The molecular formula is C18H22N2O4S. The summed E-state index contributed by atoms with van der Waals surface area (Å²) in [7, 11) is -3.63. The van der Waals surface area contributed by atoms with Crippen molar-refractivity contribution in [2.75, 3.05) is 18.5 Å². The van der Waals surface area contributed by atoms with E-state index < -0.39 is 15.9 Å². The van der Waals surface area contributed by atoms with Crippen molar-refractivity contribution in [3.8, 4) is 5.75 Å². The lowest BCUT2D eigenvalue weighted by molar-refractivity contribution is 0.102. The molecule has 0 saturated heterocycles. The van der Waals surface area contributed by atoms with Gasteiger partial charge in [0.2, 0.25) is 10.0 Å². The van der Waals surface area contributed by atoms with Crippen LogP contribution in [0.15, 0.2) is 47.4 Å². The van der Waals surface area contributed by atoms with Gasteiger partial charge in [0.25, 0.3) is 5.91 Å². The quantitative estimate of drug-likeness (QED) is 0.793. The molecule has 0 bridgehead atoms. The largest absolute Gasteiger partial charge is 0.492 e. The van der Waals surface area contributed by atoms with Gasteiger partial charge < -0.3 is 10.1 Å². The average Bonchev–Trinajstić information content (AvgIpc) is 2.57. The predicted molar refractivity (Wildman–Crippen MR) is 97.6 cm³/mol. The van der Waals surface area contributed by atoms with Crippen molar-refractivity contribution in [2.24, 2.45) is 0 Å². The van der Waals surface area contributed by atoms with Crippen molar-refractivity contribution in [3.05, 3.63) is 53.6 Å². The number of carbonyl (C=O) groups is 1. The number of benzene rings is 2. The number of rotatable bonds is 7. The molecule has 0 unspecified atom stereocenters. The first-order chi connectivity index (χ1) is 11.9. The zero-order valence-electron chi connectivity index (χ0n) is 14.5. The molecule has 0 saturated carbocycles. The molecule has 0 atom stereocenters. The molecule has 0 spiro atoms. The predicted octanol–water partition coefficient (Wildman–Crippen LogP) is 2.94. The van der Waals surface area contributed by atoms with Crippen LogP contribution in [0.25, 0.3) is 0 Å². The van der Waals surface area contributed by atoms with Gasteiger partial charge in [-0.15, -0.1) is 0 Å². The Kier molecular flexibility index (Phi) is 6.17. The van der Waals surface area contributed by atoms with Crippen molar-refractivity contribution < 1.29 is 17.9 Å². The topological polar surface area (TPSA) is 84.5 Å². The number of aryl methyl sites for hydroxylation is 1. The maximum absolute atomic E-state index is 12.6. The standard InChI is InChI=1S/C18H22N2O4S/c1-4-19-25(22,23)14-11-10-13(3)15(12-14)18(21)20-16-8-6-7-9-17(16)24-5-2/h6-12,19H,4-5H2,1-3H3,(H,20,21). The Bertz CT molecular complexity index is 863. The molecule has 0 aliphatic heterocycles. The van der Waals surface area contributed by atoms with Gasteiger partial charge in [-0.2, -0.15) is 0 Å². The van der Waals surface area contributed by atoms with Crippen molar-refractivity contribution >= 4 is 21.6 Å². The van der Waals surface area contributed by atoms with E-state index in [0.29, 0.717) is 29.2 Å². The summed E-state index contributed by atoms with van der Waals surface area (Å²) >= 11 is 0. The van der Waals surface area contributed by atoms with Crippen molar-refractivity contribution in [1.82, 2.24) is 4.72 Å². The Morgan fingerprint density at radius 2 is 1.84 bits per heavy atom. The average molecular weight is 362 g/mol. The fraction of sp³-hybridized carbons (Fsp3) is 0.278. The zero-order chi connectivity index (χ0) is 18.4. The van der Waals surface area contributed by atoms with Gasteiger partial charge in [0.15, 0.2) is 0 Å². The lowest BCUT2D eigenvalue weighted by atomic mass is 10.1. The van der Waals surface area contributed by atoms with E-state index in [4.69, 9.17) is 4.74 Å². The van der Waals surface area contributed by atoms with Crippen LogP contribution in [0.5, 0.6) is 5.75 Å². The lowest BCUT2D eigenvalue weighted by Gasteiger charge is -2.13. The Labute approximate surface area is 148 Å². The van der Waals surface area contributed by atoms with Gasteiger partial charge in [-0.1, -0.05) is 25.1 Å². The third kappa shape index (κ3) is 4.58. The summed E-state index contributed by atoms with van der Waals surface area (Å²) in [6.45, 7) is 6.07. The van der Waals surface area contributed by atoms with Crippen LogP contribution in [0.2, 0.25) is 0 Å². The summed E-state index contributed by atoms with van der Waals surface area (Å²) in [6.07, 6.45) is 0. The molecule has 0 radical (unpaired) electrons. The Hall–Kier alpha value is -2.38. The summed E-state index contributed by atoms with van der Waals surface area (Å²) < 4.78 is 32.2. The maximum atomic E-state index is 12.6. The molecule has 7 heteroatoms. The highest BCUT2D eigenvalue weighted by molar-refractivity contribution is 7.89. The van der Waals surface area contributed by atoms with Crippen LogP contribution >= 0.6 is 0 Å². The van der Waals surface area contributed by atoms with E-state index in [9.17, 15) is 13.2 Å². The lowest BCUT2D eigenvalue weighted by Crippen LogP contribution is -2.24. The number of ether oxygens (including phenoxy) is 1. The summed E-state index contributed by atoms with van der Waals surface area (Å²) in [6, 6.07) is 11.6. The number of hydrogen-bond acceptors (Lipinski definition) is 4. The van der Waals surface area contributed by atoms with E-state index in [0.717, 1.165) is 0 Å². The molecule has 6 nitrogen and oxygen atoms in total. The third-order valence-corrected chi connectivity index (χ3v) is 5.08. The molecule has 0 heterocycles. The van der Waals surface area contributed by atoms with Crippen molar-refractivity contribution in [3.63, 3.8) is 0 Å². The number of amides is 1. The van der Waals surface area contributed by atoms with Gasteiger partial charge >= 0.3 is 0 Å². The monoisotopic (exact) mass is 362 g/mol. The molecular weight excluding hydrogens is 340 g/mol. The first-order valence-electron chi connectivity index (χ1n) is 8.02. The van der Waals surface area contributed by atoms with E-state index in [-0.39, 0.29) is 11.4 Å². The second kappa shape index (κ2) is 8.13. The number of anilines is 1. The minimum absolute atomic E-state index is 0.0585. The summed E-state index contributed by atoms with van der Waals surface area (Å²) in [4.78, 5) is 12.7. The Morgan fingerprint density at radius 3 is 2.52 bits per heavy atom. The number of hydrogen-bond donors (Lipinski definition) is 2. The van der Waals surface area contributed by atoms with Crippen LogP contribution in [0.4, 0.5) is 5.69 Å². The van der Waals surface area contributed by atoms with E-state index in [1.807, 2.05) is 13.0 Å². The fourth-order valence-electron chi connectivity index (χ4n) is 2.33. The molecule has 2 aromatic rings. The van der Waals surface area contributed by atoms with Crippen LogP contribution < -0.4 is 14.8 Å². The number of sulfonamides is 1. The molecule has 0 aromatic heterocycles. The highest BCUT2D eigenvalue weighted by Crippen LogP contribution is 2.25. The third-order valence-electron chi connectivity index (χ3n) is 3.53. The fourth-order valence-corrected chi connectivity index (χ4v) is 3.39. The summed E-state index contributed by atoms with van der Waals surface area (Å²) in [5.41, 5.74) is 1.51. The first kappa shape index (κ1) is 19.0. The summed E-state index contributed by atoms with van der Waals surface area (Å²) in [5, 5.41) is 2.78. The number of nitrogens with one attached hydrogen (secondary N) is 2. The highest BCUT2D eigenvalue weighted by Gasteiger charge is 2.18. The van der Waals surface area contributed by atoms with Crippen molar-refractivity contribution in [1.29, 1.82) is 0 Å². The van der Waals surface area contributed by atoms with Gasteiger partial charge in [0, 0.05) is 12.1 Å². The van der Waals surface area contributed by atoms with Gasteiger partial charge in [-0.3, -0.25) is 4.79 Å². The molecule has 0 aliphatic rings. The molecule has 2 aromatic carbocycles. The van der Waals surface area contributed by atoms with Gasteiger partial charge in [-0.25, -0.2) is 13.1 Å². The minimum Gasteiger partial charge on any atom is -0.492 e. The highest BCUT2D eigenvalue weighted by atomic mass is 32.2. The smallest absolute Gasteiger partial charge is 0.256 e. The van der Waals surface area contributed by atoms with E-state index >= 15 is 0 Å². The molecule has 25 heavy (non-hydrogen) atoms. The second-order valence-corrected chi connectivity index (χ2v) is 7.13. The molecule has 1 amide bonds. The zero-order valence-corrected chi connectivity index (χ0v) is 15.3. The van der Waals surface area contributed by atoms with Gasteiger partial charge in [-0.05, 0) is 43.7 Å². The van der Waals surface area contributed by atoms with Crippen LogP contribution in [-0.2, 0) is 10.0 Å². The normalized spacial score (nSPS) is 11.2. The molecule has 2 N–H and O–H groups in total. The number of carbonyl (C=O) groups excluding carboxylic acids is 1. The van der Waals surface area contributed by atoms with Crippen LogP contribution in [-0.4, -0.2) is 27.5 Å². The molecule has 2 rings (SSSR count). The van der Waals surface area contributed by atoms with E-state index in [1.54, 1.807) is 38.1 Å². The van der Waals surface area contributed by atoms with Crippen LogP contribution in [0.3, 0.4) is 0 Å². The van der Waals surface area contributed by atoms with Gasteiger partial charge in [0.05, 0.1) is 17.2 Å². The number of para-hydroxylation sites is 2. The summed E-state index contributed by atoms with van der Waals surface area (Å²) in [5.74, 6) is 0.172. The molecule has 0 aliphatic carbocycles. The van der Waals surface area contributed by atoms with E-state index in [2.05, 4.69) is 10.0 Å². The minimum atomic E-state index is -3.63. The van der Waals surface area contributed by atoms with Gasteiger partial charge in [0.1, 0.15) is 5.75 Å². The maximum Gasteiger partial charge on any atom is 0.256 e. The Balaban J connectivity index is 2.34.